The van der Waals surface area contributed by atoms with Crippen LogP contribution in [0.4, 0.5) is 0 Å². The molecule has 0 aromatic carbocycles. The van der Waals surface area contributed by atoms with Gasteiger partial charge in [-0.05, 0) is 92.8 Å². The summed E-state index contributed by atoms with van der Waals surface area (Å²) < 4.78 is 17.9. The first-order chi connectivity index (χ1) is 18.5. The summed E-state index contributed by atoms with van der Waals surface area (Å²) in [7, 11) is 0. The van der Waals surface area contributed by atoms with E-state index >= 15 is 0 Å². The van der Waals surface area contributed by atoms with Crippen LogP contribution in [0.3, 0.4) is 0 Å². The van der Waals surface area contributed by atoms with E-state index in [0.29, 0.717) is 24.7 Å². The highest BCUT2D eigenvalue weighted by molar-refractivity contribution is 5.70. The van der Waals surface area contributed by atoms with Gasteiger partial charge in [-0.1, -0.05) is 53.9 Å². The van der Waals surface area contributed by atoms with E-state index in [2.05, 4.69) is 34.6 Å². The van der Waals surface area contributed by atoms with Crippen molar-refractivity contribution in [3.63, 3.8) is 0 Å². The summed E-state index contributed by atoms with van der Waals surface area (Å²) in [6.07, 6.45) is 14.8. The first kappa shape index (κ1) is 29.8. The Kier molecular flexibility index (Phi) is 8.81. The van der Waals surface area contributed by atoms with Gasteiger partial charge < -0.3 is 24.5 Å². The van der Waals surface area contributed by atoms with Gasteiger partial charge in [-0.3, -0.25) is 0 Å². The van der Waals surface area contributed by atoms with Crippen LogP contribution >= 0.6 is 0 Å². The smallest absolute Gasteiger partial charge is 0.361 e. The molecule has 1 aliphatic heterocycles. The van der Waals surface area contributed by atoms with Crippen molar-refractivity contribution in [1.29, 1.82) is 0 Å². The van der Waals surface area contributed by atoms with Gasteiger partial charge in [-0.25, -0.2) is 4.79 Å². The van der Waals surface area contributed by atoms with E-state index in [1.165, 1.54) is 57.8 Å². The zero-order valence-corrected chi connectivity index (χ0v) is 25.8. The number of hydrogen-bond acceptors (Lipinski definition) is 5. The molecule has 6 heteroatoms. The fourth-order valence-electron chi connectivity index (χ4n) is 10.6. The number of ether oxygens (including phenoxy) is 3. The van der Waals surface area contributed by atoms with Crippen LogP contribution in [0, 0.1) is 51.5 Å². The minimum absolute atomic E-state index is 0.0120. The number of carbonyl (C=O) groups excluding carboxylic acids is 1. The predicted octanol–water partition coefficient (Wildman–Crippen LogP) is 5.57. The summed E-state index contributed by atoms with van der Waals surface area (Å²) in [4.78, 5) is 11.6. The lowest BCUT2D eigenvalue weighted by atomic mass is 9.44. The number of nitrogens with one attached hydrogen (secondary N) is 1. The van der Waals surface area contributed by atoms with Crippen molar-refractivity contribution in [2.75, 3.05) is 26.3 Å². The van der Waals surface area contributed by atoms with E-state index in [0.717, 1.165) is 48.3 Å². The molecule has 0 bridgehead atoms. The Morgan fingerprint density at radius 1 is 1.08 bits per heavy atom. The first-order valence-electron chi connectivity index (χ1n) is 16.5. The molecule has 4 aliphatic carbocycles. The van der Waals surface area contributed by atoms with Gasteiger partial charge in [0.15, 0.2) is 6.54 Å². The molecule has 5 fully saturated rings. The minimum atomic E-state index is -0.432. The van der Waals surface area contributed by atoms with Gasteiger partial charge in [-0.2, -0.15) is 0 Å². The van der Waals surface area contributed by atoms with Crippen LogP contribution in [-0.4, -0.2) is 50.1 Å². The standard InChI is InChI=1S/C33H57NO5/c1-7-37-30(35)21-34(36)17-18-38-24-13-16-32(6)28-14-15-31(5)26(23(4)10-8-9-22(2)3)11-12-27(31)25(28)19-29-33(32,20-24)39-29/h22-29,34H,7-21H2,1-6H3/t23-,24+,25?,26-,27?,28?,29?,31-,32-,33?/m1/s1. The Morgan fingerprint density at radius 3 is 2.62 bits per heavy atom. The summed E-state index contributed by atoms with van der Waals surface area (Å²) in [6, 6.07) is 0. The molecule has 39 heavy (non-hydrogen) atoms. The number of esters is 1. The number of fused-ring (bicyclic) bond motifs is 4. The summed E-state index contributed by atoms with van der Waals surface area (Å²) in [5, 5.41) is 12.0. The van der Waals surface area contributed by atoms with Crippen molar-refractivity contribution in [2.45, 2.75) is 130 Å². The monoisotopic (exact) mass is 547 g/mol. The molecule has 11 atom stereocenters. The van der Waals surface area contributed by atoms with Crippen LogP contribution in [0.5, 0.6) is 0 Å². The summed E-state index contributed by atoms with van der Waals surface area (Å²) in [6.45, 7) is 15.1. The van der Waals surface area contributed by atoms with Gasteiger partial charge in [0.2, 0.25) is 0 Å². The van der Waals surface area contributed by atoms with Gasteiger partial charge in [0.25, 0.3) is 0 Å². The van der Waals surface area contributed by atoms with Crippen molar-refractivity contribution >= 4 is 5.97 Å². The normalized spacial score (nSPS) is 44.1. The lowest BCUT2D eigenvalue weighted by Gasteiger charge is -2.59. The fraction of sp³-hybridized carbons (Fsp3) is 0.970. The Labute approximate surface area is 237 Å². The number of quaternary nitrogens is 1. The molecule has 0 aromatic heterocycles. The summed E-state index contributed by atoms with van der Waals surface area (Å²) >= 11 is 0. The second kappa shape index (κ2) is 11.5. The Hall–Kier alpha value is -0.690. The highest BCUT2D eigenvalue weighted by Gasteiger charge is 2.76. The molecule has 1 spiro atoms. The molecule has 6 nitrogen and oxygen atoms in total. The van der Waals surface area contributed by atoms with E-state index in [1.807, 2.05) is 0 Å². The third-order valence-corrected chi connectivity index (χ3v) is 12.6. The molecular formula is C33H57NO5. The Balaban J connectivity index is 1.17. The van der Waals surface area contributed by atoms with Gasteiger partial charge >= 0.3 is 5.97 Å². The van der Waals surface area contributed by atoms with Crippen LogP contribution in [0.1, 0.15) is 112 Å². The van der Waals surface area contributed by atoms with Crippen molar-refractivity contribution < 1.29 is 24.1 Å². The van der Waals surface area contributed by atoms with Crippen LogP contribution in [0.2, 0.25) is 0 Å². The Bertz CT molecular complexity index is 865. The second-order valence-corrected chi connectivity index (χ2v) is 15.1. The predicted molar refractivity (Wildman–Crippen MR) is 153 cm³/mol. The molecule has 0 radical (unpaired) electrons. The van der Waals surface area contributed by atoms with Crippen molar-refractivity contribution in [1.82, 2.24) is 0 Å². The highest BCUT2D eigenvalue weighted by Crippen LogP contribution is 2.74. The maximum Gasteiger partial charge on any atom is 0.361 e. The van der Waals surface area contributed by atoms with Crippen LogP contribution in [0.25, 0.3) is 0 Å². The van der Waals surface area contributed by atoms with E-state index in [1.54, 1.807) is 6.92 Å². The molecule has 224 valence electrons. The van der Waals surface area contributed by atoms with Gasteiger partial charge in [0.1, 0.15) is 12.1 Å². The number of rotatable bonds is 12. The zero-order valence-electron chi connectivity index (χ0n) is 25.8. The van der Waals surface area contributed by atoms with Gasteiger partial charge in [0, 0.05) is 11.8 Å². The third kappa shape index (κ3) is 5.46. The molecule has 6 unspecified atom stereocenters. The maximum atomic E-state index is 12.1. The fourth-order valence-corrected chi connectivity index (χ4v) is 10.6. The Morgan fingerprint density at radius 2 is 1.87 bits per heavy atom. The quantitative estimate of drug-likeness (QED) is 0.196. The van der Waals surface area contributed by atoms with Gasteiger partial charge in [0.05, 0.1) is 25.4 Å². The summed E-state index contributed by atoms with van der Waals surface area (Å²) in [5.74, 6) is 4.59. The number of epoxide rings is 1. The molecule has 1 N–H and O–H groups in total. The lowest BCUT2D eigenvalue weighted by Crippen LogP contribution is -3.08. The average molecular weight is 548 g/mol. The van der Waals surface area contributed by atoms with E-state index in [-0.39, 0.29) is 35.3 Å². The van der Waals surface area contributed by atoms with E-state index in [9.17, 15) is 10.0 Å². The average Bonchev–Trinajstić information content (AvgIpc) is 3.44. The number of hydrogen-bond donors (Lipinski definition) is 1. The largest absolute Gasteiger partial charge is 0.634 e. The second-order valence-electron chi connectivity index (χ2n) is 15.1. The molecule has 5 rings (SSSR count). The first-order valence-corrected chi connectivity index (χ1v) is 16.5. The molecule has 5 aliphatic rings. The topological polar surface area (TPSA) is 75.6 Å². The van der Waals surface area contributed by atoms with Crippen molar-refractivity contribution in [3.8, 4) is 0 Å². The van der Waals surface area contributed by atoms with Crippen LogP contribution < -0.4 is 5.06 Å². The lowest BCUT2D eigenvalue weighted by molar-refractivity contribution is -0.840. The minimum Gasteiger partial charge on any atom is -0.634 e. The molecule has 1 heterocycles. The van der Waals surface area contributed by atoms with Crippen LogP contribution in [-0.2, 0) is 19.0 Å². The van der Waals surface area contributed by atoms with Crippen molar-refractivity contribution in [3.05, 3.63) is 5.21 Å². The van der Waals surface area contributed by atoms with Crippen molar-refractivity contribution in [2.24, 2.45) is 46.3 Å². The number of hydroxylamine groups is 2. The molecule has 0 aromatic rings. The molecule has 1 saturated heterocycles. The molecule has 0 amide bonds. The zero-order chi connectivity index (χ0) is 28.0. The van der Waals surface area contributed by atoms with Crippen LogP contribution in [0.15, 0.2) is 0 Å². The van der Waals surface area contributed by atoms with E-state index in [4.69, 9.17) is 14.2 Å². The SMILES string of the molecule is CCOC(=O)C[NH+]([O-])CCO[C@H]1CC[C@]2(C)C3CC[C@@]4(C)C(CC[C@@H]4[C@H](C)CCCC(C)C)C3CC3OC32C1. The molecular weight excluding hydrogens is 490 g/mol. The summed E-state index contributed by atoms with van der Waals surface area (Å²) in [5.41, 5.74) is 0.754. The molecule has 4 saturated carbocycles. The third-order valence-electron chi connectivity index (χ3n) is 12.6. The highest BCUT2D eigenvalue weighted by atomic mass is 16.6. The number of carbonyl (C=O) groups is 1. The van der Waals surface area contributed by atoms with Gasteiger partial charge in [-0.15, -0.1) is 0 Å². The van der Waals surface area contributed by atoms with E-state index < -0.39 is 5.97 Å². The maximum absolute atomic E-state index is 12.1.